The smallest absolute Gasteiger partial charge is 0.146 e. The minimum absolute atomic E-state index is 0.286. The molecule has 100 valence electrons. The molecule has 5 rings (SSSR count). The van der Waals surface area contributed by atoms with Crippen LogP contribution in [0.2, 0.25) is 5.15 Å². The molecular formula is C14H15ClIN3. The maximum atomic E-state index is 6.24. The normalized spacial score (nSPS) is 30.1. The lowest BCUT2D eigenvalue weighted by molar-refractivity contribution is 0.0777. The van der Waals surface area contributed by atoms with Gasteiger partial charge in [0.05, 0.1) is 5.39 Å². The highest BCUT2D eigenvalue weighted by molar-refractivity contribution is 14.1. The third-order valence-corrected chi connectivity index (χ3v) is 6.16. The fraction of sp³-hybridized carbons (Fsp3) is 0.571. The van der Waals surface area contributed by atoms with Crippen molar-refractivity contribution in [1.82, 2.24) is 14.5 Å². The third-order valence-electron chi connectivity index (χ3n) is 5.06. The SMILES string of the molecule is Clc1ncnc2c1c(I)cn2C12CCC(CC1)CC2. The summed E-state index contributed by atoms with van der Waals surface area (Å²) in [5, 5.41) is 1.60. The van der Waals surface area contributed by atoms with Crippen LogP contribution >= 0.6 is 34.2 Å². The van der Waals surface area contributed by atoms with Crippen LogP contribution < -0.4 is 0 Å². The predicted molar refractivity (Wildman–Crippen MR) is 84.4 cm³/mol. The average Bonchev–Trinajstić information content (AvgIpc) is 2.80. The zero-order valence-corrected chi connectivity index (χ0v) is 13.5. The largest absolute Gasteiger partial charge is 0.325 e. The second-order valence-corrected chi connectivity index (χ2v) is 7.44. The fourth-order valence-corrected chi connectivity index (χ4v) is 5.10. The van der Waals surface area contributed by atoms with Crippen molar-refractivity contribution in [2.75, 3.05) is 0 Å². The van der Waals surface area contributed by atoms with Gasteiger partial charge < -0.3 is 4.57 Å². The Kier molecular flexibility index (Phi) is 2.81. The molecule has 0 spiro atoms. The number of aromatic nitrogens is 3. The molecule has 2 aromatic rings. The van der Waals surface area contributed by atoms with Gasteiger partial charge >= 0.3 is 0 Å². The van der Waals surface area contributed by atoms with Gasteiger partial charge in [0.2, 0.25) is 0 Å². The van der Waals surface area contributed by atoms with Crippen molar-refractivity contribution in [3.05, 3.63) is 21.2 Å². The standard InChI is InChI=1S/C14H15ClIN3/c15-12-11-10(16)7-19(13(11)18-8-17-12)14-4-1-9(2-5-14)3-6-14/h7-9H,1-6H2. The highest BCUT2D eigenvalue weighted by Gasteiger charge is 2.42. The van der Waals surface area contributed by atoms with Gasteiger partial charge in [0.15, 0.2) is 0 Å². The zero-order valence-electron chi connectivity index (χ0n) is 10.6. The van der Waals surface area contributed by atoms with Crippen molar-refractivity contribution >= 4 is 45.2 Å². The minimum Gasteiger partial charge on any atom is -0.325 e. The first-order valence-electron chi connectivity index (χ1n) is 6.87. The van der Waals surface area contributed by atoms with E-state index in [1.807, 2.05) is 0 Å². The Morgan fingerprint density at radius 1 is 1.21 bits per heavy atom. The number of nitrogens with zero attached hydrogens (tertiary/aromatic N) is 3. The van der Waals surface area contributed by atoms with Gasteiger partial charge in [-0.2, -0.15) is 0 Å². The summed E-state index contributed by atoms with van der Waals surface area (Å²) in [5.74, 6) is 0.973. The van der Waals surface area contributed by atoms with Crippen LogP contribution in [-0.4, -0.2) is 14.5 Å². The van der Waals surface area contributed by atoms with E-state index in [-0.39, 0.29) is 5.54 Å². The average molecular weight is 388 g/mol. The van der Waals surface area contributed by atoms with Crippen LogP contribution in [0.15, 0.2) is 12.5 Å². The van der Waals surface area contributed by atoms with E-state index in [1.54, 1.807) is 6.33 Å². The van der Waals surface area contributed by atoms with Crippen LogP contribution in [0.5, 0.6) is 0 Å². The number of hydrogen-bond donors (Lipinski definition) is 0. The Labute approximate surface area is 130 Å². The summed E-state index contributed by atoms with van der Waals surface area (Å²) in [6, 6.07) is 0. The summed E-state index contributed by atoms with van der Waals surface area (Å²) in [6.07, 6.45) is 11.8. The van der Waals surface area contributed by atoms with E-state index in [0.29, 0.717) is 5.15 Å². The number of rotatable bonds is 1. The summed E-state index contributed by atoms with van der Waals surface area (Å²) in [7, 11) is 0. The molecule has 19 heavy (non-hydrogen) atoms. The van der Waals surface area contributed by atoms with Gasteiger partial charge in [0.1, 0.15) is 17.1 Å². The Morgan fingerprint density at radius 3 is 2.58 bits per heavy atom. The molecule has 2 heterocycles. The van der Waals surface area contributed by atoms with Crippen molar-refractivity contribution in [2.24, 2.45) is 5.92 Å². The molecule has 5 heteroatoms. The summed E-state index contributed by atoms with van der Waals surface area (Å²) in [4.78, 5) is 8.63. The van der Waals surface area contributed by atoms with E-state index < -0.39 is 0 Å². The molecule has 2 aromatic heterocycles. The van der Waals surface area contributed by atoms with Crippen LogP contribution in [0.25, 0.3) is 11.0 Å². The van der Waals surface area contributed by atoms with Gasteiger partial charge in [-0.3, -0.25) is 0 Å². The van der Waals surface area contributed by atoms with Crippen molar-refractivity contribution in [1.29, 1.82) is 0 Å². The number of fused-ring (bicyclic) bond motifs is 4. The first-order valence-corrected chi connectivity index (χ1v) is 8.33. The van der Waals surface area contributed by atoms with Crippen molar-refractivity contribution < 1.29 is 0 Å². The van der Waals surface area contributed by atoms with E-state index in [4.69, 9.17) is 11.6 Å². The van der Waals surface area contributed by atoms with Crippen molar-refractivity contribution in [3.63, 3.8) is 0 Å². The predicted octanol–water partition coefficient (Wildman–Crippen LogP) is 4.37. The Balaban J connectivity index is 1.94. The number of halogens is 2. The molecule has 0 saturated heterocycles. The second kappa shape index (κ2) is 4.32. The lowest BCUT2D eigenvalue weighted by Crippen LogP contribution is -2.42. The summed E-state index contributed by atoms with van der Waals surface area (Å²) in [5.41, 5.74) is 1.30. The molecule has 3 aliphatic rings. The maximum Gasteiger partial charge on any atom is 0.146 e. The topological polar surface area (TPSA) is 30.7 Å². The van der Waals surface area contributed by atoms with E-state index >= 15 is 0 Å². The molecule has 2 bridgehead atoms. The first kappa shape index (κ1) is 12.4. The van der Waals surface area contributed by atoms with Gasteiger partial charge in [-0.25, -0.2) is 9.97 Å². The van der Waals surface area contributed by atoms with Crippen LogP contribution in [0.3, 0.4) is 0 Å². The maximum absolute atomic E-state index is 6.24. The molecule has 0 N–H and O–H groups in total. The summed E-state index contributed by atoms with van der Waals surface area (Å²) < 4.78 is 3.58. The van der Waals surface area contributed by atoms with Gasteiger partial charge in [-0.1, -0.05) is 11.6 Å². The van der Waals surface area contributed by atoms with E-state index in [9.17, 15) is 0 Å². The quantitative estimate of drug-likeness (QED) is 0.537. The lowest BCUT2D eigenvalue weighted by Gasteiger charge is -2.47. The highest BCUT2D eigenvalue weighted by Crippen LogP contribution is 2.50. The van der Waals surface area contributed by atoms with Crippen molar-refractivity contribution in [3.8, 4) is 0 Å². The summed E-state index contributed by atoms with van der Waals surface area (Å²) >= 11 is 8.60. The van der Waals surface area contributed by atoms with Gasteiger partial charge in [-0.05, 0) is 67.0 Å². The van der Waals surface area contributed by atoms with Crippen LogP contribution in [-0.2, 0) is 5.54 Å². The van der Waals surface area contributed by atoms with Crippen molar-refractivity contribution in [2.45, 2.75) is 44.1 Å². The molecule has 0 aliphatic heterocycles. The molecule has 0 unspecified atom stereocenters. The van der Waals surface area contributed by atoms with Gasteiger partial charge in [0.25, 0.3) is 0 Å². The lowest BCUT2D eigenvalue weighted by atomic mass is 9.65. The molecule has 3 fully saturated rings. The highest BCUT2D eigenvalue weighted by atomic mass is 127. The Morgan fingerprint density at radius 2 is 1.89 bits per heavy atom. The van der Waals surface area contributed by atoms with Gasteiger partial charge in [0, 0.05) is 15.3 Å². The molecular weight excluding hydrogens is 373 g/mol. The minimum atomic E-state index is 0.286. The second-order valence-electron chi connectivity index (χ2n) is 5.92. The van der Waals surface area contributed by atoms with E-state index in [1.165, 1.54) is 42.1 Å². The zero-order chi connectivity index (χ0) is 13.0. The molecule has 0 amide bonds. The van der Waals surface area contributed by atoms with Crippen LogP contribution in [0.4, 0.5) is 0 Å². The Hall–Kier alpha value is -0.360. The Bertz CT molecular complexity index is 630. The van der Waals surface area contributed by atoms with E-state index in [2.05, 4.69) is 43.3 Å². The monoisotopic (exact) mass is 387 g/mol. The third kappa shape index (κ3) is 1.75. The summed E-state index contributed by atoms with van der Waals surface area (Å²) in [6.45, 7) is 0. The van der Waals surface area contributed by atoms with Crippen LogP contribution in [0, 0.1) is 9.49 Å². The molecule has 3 aliphatic carbocycles. The molecule has 0 atom stereocenters. The fourth-order valence-electron chi connectivity index (χ4n) is 3.93. The first-order chi connectivity index (χ1) is 9.20. The van der Waals surface area contributed by atoms with Crippen LogP contribution in [0.1, 0.15) is 38.5 Å². The van der Waals surface area contributed by atoms with E-state index in [0.717, 1.165) is 17.0 Å². The van der Waals surface area contributed by atoms with Gasteiger partial charge in [-0.15, -0.1) is 0 Å². The molecule has 3 nitrogen and oxygen atoms in total. The molecule has 3 saturated carbocycles. The number of hydrogen-bond acceptors (Lipinski definition) is 2. The molecule has 0 aromatic carbocycles. The molecule has 0 radical (unpaired) electrons.